The summed E-state index contributed by atoms with van der Waals surface area (Å²) >= 11 is 9.24. The van der Waals surface area contributed by atoms with E-state index >= 15 is 0 Å². The first-order valence-corrected chi connectivity index (χ1v) is 5.51. The van der Waals surface area contributed by atoms with Crippen molar-refractivity contribution in [3.05, 3.63) is 66.2 Å². The molecule has 2 aromatic carbocycles. The minimum atomic E-state index is -0.437. The molecule has 0 unspecified atom stereocenters. The number of halogens is 1. The van der Waals surface area contributed by atoms with Crippen molar-refractivity contribution >= 4 is 29.5 Å². The Morgan fingerprint density at radius 2 is 1.25 bits per heavy atom. The minimum absolute atomic E-state index is 0.437. The van der Waals surface area contributed by atoms with Gasteiger partial charge >= 0.3 is 0 Å². The molecule has 0 heterocycles. The molecular formula is C13H11ClOS. The van der Waals surface area contributed by atoms with Crippen LogP contribution in [0.1, 0.15) is 10.4 Å². The van der Waals surface area contributed by atoms with Gasteiger partial charge in [-0.25, -0.2) is 0 Å². The molecule has 0 aliphatic heterocycles. The molecule has 82 valence electrons. The molecule has 0 N–H and O–H groups in total. The van der Waals surface area contributed by atoms with E-state index in [2.05, 4.69) is 12.6 Å². The Balaban J connectivity index is 0.000000181. The zero-order chi connectivity index (χ0) is 11.8. The third kappa shape index (κ3) is 5.01. The molecule has 0 aliphatic rings. The number of carbonyl (C=O) groups is 1. The Labute approximate surface area is 105 Å². The van der Waals surface area contributed by atoms with E-state index in [1.54, 1.807) is 24.3 Å². The van der Waals surface area contributed by atoms with Crippen LogP contribution in [0.2, 0.25) is 0 Å². The molecule has 0 saturated heterocycles. The summed E-state index contributed by atoms with van der Waals surface area (Å²) in [4.78, 5) is 11.3. The van der Waals surface area contributed by atoms with E-state index < -0.39 is 5.24 Å². The van der Waals surface area contributed by atoms with Gasteiger partial charge in [0, 0.05) is 10.5 Å². The van der Waals surface area contributed by atoms with E-state index in [-0.39, 0.29) is 0 Å². The fourth-order valence-corrected chi connectivity index (χ4v) is 1.25. The van der Waals surface area contributed by atoms with Crippen LogP contribution in [0.15, 0.2) is 65.6 Å². The van der Waals surface area contributed by atoms with Gasteiger partial charge in [-0.15, -0.1) is 12.6 Å². The average Bonchev–Trinajstić information content (AvgIpc) is 2.32. The summed E-state index contributed by atoms with van der Waals surface area (Å²) in [6, 6.07) is 18.7. The van der Waals surface area contributed by atoms with Crippen molar-refractivity contribution in [2.75, 3.05) is 0 Å². The summed E-state index contributed by atoms with van der Waals surface area (Å²) in [6.45, 7) is 0. The molecule has 0 saturated carbocycles. The lowest BCUT2D eigenvalue weighted by Crippen LogP contribution is -1.85. The maximum Gasteiger partial charge on any atom is 0.252 e. The molecule has 3 heteroatoms. The maximum atomic E-state index is 10.5. The molecule has 0 fully saturated rings. The Morgan fingerprint density at radius 3 is 1.56 bits per heavy atom. The predicted molar refractivity (Wildman–Crippen MR) is 70.3 cm³/mol. The molecule has 16 heavy (non-hydrogen) atoms. The highest BCUT2D eigenvalue weighted by atomic mass is 35.5. The smallest absolute Gasteiger partial charge is 0.252 e. The Morgan fingerprint density at radius 1 is 0.875 bits per heavy atom. The van der Waals surface area contributed by atoms with E-state index in [0.29, 0.717) is 5.56 Å². The first kappa shape index (κ1) is 12.8. The predicted octanol–water partition coefficient (Wildman–Crippen LogP) is 4.04. The van der Waals surface area contributed by atoms with Crippen LogP contribution in [0.4, 0.5) is 0 Å². The lowest BCUT2D eigenvalue weighted by molar-refractivity contribution is 0.108. The molecule has 0 spiro atoms. The van der Waals surface area contributed by atoms with Crippen LogP contribution in [0.3, 0.4) is 0 Å². The molecule has 0 aromatic heterocycles. The van der Waals surface area contributed by atoms with Crippen molar-refractivity contribution in [3.8, 4) is 0 Å². The second-order valence-electron chi connectivity index (χ2n) is 2.98. The van der Waals surface area contributed by atoms with Crippen LogP contribution in [0.25, 0.3) is 0 Å². The van der Waals surface area contributed by atoms with Gasteiger partial charge in [0.25, 0.3) is 5.24 Å². The maximum absolute atomic E-state index is 10.5. The lowest BCUT2D eigenvalue weighted by atomic mass is 10.2. The average molecular weight is 251 g/mol. The van der Waals surface area contributed by atoms with Crippen molar-refractivity contribution in [1.29, 1.82) is 0 Å². The van der Waals surface area contributed by atoms with Gasteiger partial charge in [-0.3, -0.25) is 4.79 Å². The van der Waals surface area contributed by atoms with Crippen molar-refractivity contribution in [2.45, 2.75) is 4.90 Å². The number of carbonyl (C=O) groups excluding carboxylic acids is 1. The molecule has 0 radical (unpaired) electrons. The van der Waals surface area contributed by atoms with Crippen LogP contribution >= 0.6 is 24.2 Å². The molecule has 2 aromatic rings. The fourth-order valence-electron chi connectivity index (χ4n) is 0.977. The number of thiol groups is 1. The van der Waals surface area contributed by atoms with Crippen LogP contribution in [-0.2, 0) is 0 Å². The lowest BCUT2D eigenvalue weighted by Gasteiger charge is -1.91. The summed E-state index contributed by atoms with van der Waals surface area (Å²) in [5.74, 6) is 0. The van der Waals surface area contributed by atoms with Gasteiger partial charge in [0.05, 0.1) is 0 Å². The topological polar surface area (TPSA) is 17.1 Å². The number of hydrogen-bond acceptors (Lipinski definition) is 2. The summed E-state index contributed by atoms with van der Waals surface area (Å²) < 4.78 is 0. The highest BCUT2D eigenvalue weighted by Gasteiger charge is 1.98. The van der Waals surface area contributed by atoms with Crippen LogP contribution in [0.5, 0.6) is 0 Å². The molecule has 1 nitrogen and oxygen atoms in total. The van der Waals surface area contributed by atoms with Gasteiger partial charge in [-0.05, 0) is 35.9 Å². The highest BCUT2D eigenvalue weighted by molar-refractivity contribution is 7.80. The highest BCUT2D eigenvalue weighted by Crippen LogP contribution is 2.09. The van der Waals surface area contributed by atoms with E-state index in [0.717, 1.165) is 4.90 Å². The van der Waals surface area contributed by atoms with E-state index in [1.807, 2.05) is 36.4 Å². The molecule has 0 amide bonds. The molecular weight excluding hydrogens is 240 g/mol. The SMILES string of the molecule is O=C(Cl)c1ccc(S)cc1.c1ccccc1. The van der Waals surface area contributed by atoms with Gasteiger partial charge < -0.3 is 0 Å². The summed E-state index contributed by atoms with van der Waals surface area (Å²) in [5, 5.41) is -0.437. The van der Waals surface area contributed by atoms with Crippen molar-refractivity contribution < 1.29 is 4.79 Å². The summed E-state index contributed by atoms with van der Waals surface area (Å²) in [5.41, 5.74) is 0.500. The van der Waals surface area contributed by atoms with Crippen LogP contribution in [-0.4, -0.2) is 5.24 Å². The summed E-state index contributed by atoms with van der Waals surface area (Å²) in [7, 11) is 0. The van der Waals surface area contributed by atoms with Gasteiger partial charge in [0.2, 0.25) is 0 Å². The Bertz CT molecular complexity index is 399. The summed E-state index contributed by atoms with van der Waals surface area (Å²) in [6.07, 6.45) is 0. The first-order chi connectivity index (χ1) is 7.70. The molecule has 0 atom stereocenters. The molecule has 2 rings (SSSR count). The molecule has 0 aliphatic carbocycles. The normalized spacial score (nSPS) is 8.88. The third-order valence-electron chi connectivity index (χ3n) is 1.76. The third-order valence-corrected chi connectivity index (χ3v) is 2.28. The first-order valence-electron chi connectivity index (χ1n) is 4.69. The largest absolute Gasteiger partial charge is 0.276 e. The molecule has 0 bridgehead atoms. The van der Waals surface area contributed by atoms with Crippen LogP contribution in [0, 0.1) is 0 Å². The Hall–Kier alpha value is -1.25. The number of benzene rings is 2. The standard InChI is InChI=1S/C7H5ClOS.C6H6/c8-7(9)5-1-3-6(10)4-2-5;1-2-4-6-5-3-1/h1-4,10H;1-6H. The second-order valence-corrected chi connectivity index (χ2v) is 3.83. The van der Waals surface area contributed by atoms with Crippen molar-refractivity contribution in [1.82, 2.24) is 0 Å². The van der Waals surface area contributed by atoms with Crippen molar-refractivity contribution in [2.24, 2.45) is 0 Å². The quantitative estimate of drug-likeness (QED) is 0.597. The van der Waals surface area contributed by atoms with Gasteiger partial charge in [-0.2, -0.15) is 0 Å². The van der Waals surface area contributed by atoms with E-state index in [4.69, 9.17) is 11.6 Å². The number of rotatable bonds is 1. The zero-order valence-corrected chi connectivity index (χ0v) is 10.2. The van der Waals surface area contributed by atoms with E-state index in [9.17, 15) is 4.79 Å². The fraction of sp³-hybridized carbons (Fsp3) is 0. The second kappa shape index (κ2) is 7.09. The van der Waals surface area contributed by atoms with Gasteiger partial charge in [0.15, 0.2) is 0 Å². The monoisotopic (exact) mass is 250 g/mol. The minimum Gasteiger partial charge on any atom is -0.276 e. The van der Waals surface area contributed by atoms with Gasteiger partial charge in [0.1, 0.15) is 0 Å². The zero-order valence-electron chi connectivity index (χ0n) is 8.51. The number of hydrogen-bond donors (Lipinski definition) is 1. The van der Waals surface area contributed by atoms with Gasteiger partial charge in [-0.1, -0.05) is 36.4 Å². The Kier molecular flexibility index (Phi) is 5.68. The van der Waals surface area contributed by atoms with Crippen LogP contribution < -0.4 is 0 Å². The van der Waals surface area contributed by atoms with E-state index in [1.165, 1.54) is 0 Å². The van der Waals surface area contributed by atoms with Crippen molar-refractivity contribution in [3.63, 3.8) is 0 Å².